The van der Waals surface area contributed by atoms with E-state index in [4.69, 9.17) is 11.5 Å². The summed E-state index contributed by atoms with van der Waals surface area (Å²) >= 11 is 0. The van der Waals surface area contributed by atoms with E-state index in [1.807, 2.05) is 0 Å². The molecule has 0 aliphatic rings. The van der Waals surface area contributed by atoms with Gasteiger partial charge < -0.3 is 16.8 Å². The summed E-state index contributed by atoms with van der Waals surface area (Å²) in [7, 11) is 0. The lowest BCUT2D eigenvalue weighted by molar-refractivity contribution is -0.117. The number of nitrogens with zero attached hydrogens (tertiary/aromatic N) is 2. The van der Waals surface area contributed by atoms with Crippen molar-refractivity contribution in [1.82, 2.24) is 9.97 Å². The highest BCUT2D eigenvalue weighted by molar-refractivity contribution is 5.74. The number of hydrogen-bond acceptors (Lipinski definition) is 5. The smallest absolute Gasteiger partial charge is 0.219 e. The highest BCUT2D eigenvalue weighted by atomic mass is 16.1. The van der Waals surface area contributed by atoms with Gasteiger partial charge in [0.15, 0.2) is 0 Å². The van der Waals surface area contributed by atoms with E-state index < -0.39 is 0 Å². The number of primary amides is 1. The van der Waals surface area contributed by atoms with Gasteiger partial charge in [-0.15, -0.1) is 0 Å². The fourth-order valence-corrected chi connectivity index (χ4v) is 0.995. The molecule has 1 aromatic heterocycles. The lowest BCUT2D eigenvalue weighted by Gasteiger charge is -2.05. The number of hydrogen-bond donors (Lipinski definition) is 3. The quantitative estimate of drug-likeness (QED) is 0.609. The van der Waals surface area contributed by atoms with Crippen molar-refractivity contribution < 1.29 is 4.79 Å². The van der Waals surface area contributed by atoms with Gasteiger partial charge in [0, 0.05) is 19.0 Å². The molecule has 0 aliphatic carbocycles. The largest absolute Gasteiger partial charge is 0.384 e. The lowest BCUT2D eigenvalue weighted by atomic mass is 10.4. The summed E-state index contributed by atoms with van der Waals surface area (Å²) in [5.74, 6) is 1.25. The molecule has 0 spiro atoms. The first-order valence-corrected chi connectivity index (χ1v) is 4.21. The molecule has 0 saturated heterocycles. The average molecular weight is 195 g/mol. The number of carbonyl (C=O) groups is 1. The third kappa shape index (κ3) is 3.26. The maximum absolute atomic E-state index is 10.4. The van der Waals surface area contributed by atoms with Gasteiger partial charge in [-0.25, -0.2) is 9.97 Å². The number of nitrogens with one attached hydrogen (secondary N) is 1. The summed E-state index contributed by atoms with van der Waals surface area (Å²) < 4.78 is 0. The SMILES string of the molecule is Cc1nc(N)cc(NCCC(N)=O)n1. The molecule has 6 nitrogen and oxygen atoms in total. The summed E-state index contributed by atoms with van der Waals surface area (Å²) in [6, 6.07) is 1.61. The Bertz CT molecular complexity index is 318. The van der Waals surface area contributed by atoms with Crippen LogP contribution in [0.4, 0.5) is 11.6 Å². The van der Waals surface area contributed by atoms with E-state index in [0.717, 1.165) is 0 Å². The van der Waals surface area contributed by atoms with Crippen LogP contribution in [-0.4, -0.2) is 22.4 Å². The highest BCUT2D eigenvalue weighted by Gasteiger charge is 1.99. The minimum absolute atomic E-state index is 0.267. The van der Waals surface area contributed by atoms with Gasteiger partial charge in [-0.3, -0.25) is 4.79 Å². The standard InChI is InChI=1S/C8H13N5O/c1-5-12-6(9)4-8(13-5)11-3-2-7(10)14/h4H,2-3H2,1H3,(H2,10,14)(H3,9,11,12,13). The minimum atomic E-state index is -0.351. The normalized spacial score (nSPS) is 9.79. The minimum Gasteiger partial charge on any atom is -0.384 e. The molecule has 0 aliphatic heterocycles. The Hall–Kier alpha value is -1.85. The molecule has 1 heterocycles. The van der Waals surface area contributed by atoms with E-state index in [0.29, 0.717) is 24.0 Å². The zero-order chi connectivity index (χ0) is 10.6. The summed E-state index contributed by atoms with van der Waals surface area (Å²) in [6.07, 6.45) is 0.267. The Morgan fingerprint density at radius 1 is 1.57 bits per heavy atom. The van der Waals surface area contributed by atoms with Crippen molar-refractivity contribution in [2.45, 2.75) is 13.3 Å². The topological polar surface area (TPSA) is 107 Å². The van der Waals surface area contributed by atoms with Crippen molar-refractivity contribution >= 4 is 17.5 Å². The molecule has 0 aromatic carbocycles. The van der Waals surface area contributed by atoms with E-state index in [1.165, 1.54) is 0 Å². The molecule has 1 amide bonds. The molecule has 0 fully saturated rings. The van der Waals surface area contributed by atoms with Crippen LogP contribution in [-0.2, 0) is 4.79 Å². The van der Waals surface area contributed by atoms with Gasteiger partial charge in [0.1, 0.15) is 17.5 Å². The predicted octanol–water partition coefficient (Wildman–Crippen LogP) is -0.345. The van der Waals surface area contributed by atoms with Crippen LogP contribution in [0, 0.1) is 6.92 Å². The first-order valence-electron chi connectivity index (χ1n) is 4.21. The summed E-state index contributed by atoms with van der Waals surface area (Å²) in [5.41, 5.74) is 10.5. The van der Waals surface area contributed by atoms with Crippen LogP contribution >= 0.6 is 0 Å². The number of aromatic nitrogens is 2. The molecule has 0 saturated carbocycles. The number of nitrogen functional groups attached to an aromatic ring is 1. The Morgan fingerprint density at radius 2 is 2.29 bits per heavy atom. The van der Waals surface area contributed by atoms with Crippen molar-refractivity contribution in [2.24, 2.45) is 5.73 Å². The lowest BCUT2D eigenvalue weighted by Crippen LogP contribution is -2.16. The van der Waals surface area contributed by atoms with Crippen LogP contribution in [0.25, 0.3) is 0 Å². The molecule has 6 heteroatoms. The van der Waals surface area contributed by atoms with Crippen LogP contribution < -0.4 is 16.8 Å². The fourth-order valence-electron chi connectivity index (χ4n) is 0.995. The Morgan fingerprint density at radius 3 is 2.86 bits per heavy atom. The number of anilines is 2. The maximum atomic E-state index is 10.4. The summed E-state index contributed by atoms with van der Waals surface area (Å²) in [5, 5.41) is 2.93. The van der Waals surface area contributed by atoms with Crippen LogP contribution in [0.15, 0.2) is 6.07 Å². The average Bonchev–Trinajstić information content (AvgIpc) is 2.01. The van der Waals surface area contributed by atoms with Crippen molar-refractivity contribution in [1.29, 1.82) is 0 Å². The molecule has 1 rings (SSSR count). The van der Waals surface area contributed by atoms with E-state index >= 15 is 0 Å². The highest BCUT2D eigenvalue weighted by Crippen LogP contribution is 2.07. The fraction of sp³-hybridized carbons (Fsp3) is 0.375. The zero-order valence-corrected chi connectivity index (χ0v) is 7.95. The molecule has 1 aromatic rings. The molecule has 0 bridgehead atoms. The van der Waals surface area contributed by atoms with Crippen molar-refractivity contribution in [3.8, 4) is 0 Å². The zero-order valence-electron chi connectivity index (χ0n) is 7.95. The van der Waals surface area contributed by atoms with E-state index in [1.54, 1.807) is 13.0 Å². The molecule has 14 heavy (non-hydrogen) atoms. The molecule has 0 unspecified atom stereocenters. The number of nitrogens with two attached hydrogens (primary N) is 2. The predicted molar refractivity (Wildman–Crippen MR) is 53.5 cm³/mol. The van der Waals surface area contributed by atoms with E-state index in [9.17, 15) is 4.79 Å². The summed E-state index contributed by atoms with van der Waals surface area (Å²) in [6.45, 7) is 2.20. The second-order valence-electron chi connectivity index (χ2n) is 2.87. The Balaban J connectivity index is 2.54. The van der Waals surface area contributed by atoms with Crippen molar-refractivity contribution in [3.63, 3.8) is 0 Å². The van der Waals surface area contributed by atoms with Crippen LogP contribution in [0.2, 0.25) is 0 Å². The third-order valence-corrected chi connectivity index (χ3v) is 1.54. The number of amides is 1. The van der Waals surface area contributed by atoms with Crippen LogP contribution in [0.3, 0.4) is 0 Å². The Labute approximate surface area is 81.7 Å². The Kier molecular flexibility index (Phi) is 3.22. The van der Waals surface area contributed by atoms with Gasteiger partial charge in [-0.1, -0.05) is 0 Å². The number of rotatable bonds is 4. The van der Waals surface area contributed by atoms with Gasteiger partial charge in [0.2, 0.25) is 5.91 Å². The molecular formula is C8H13N5O. The van der Waals surface area contributed by atoms with Gasteiger partial charge in [-0.2, -0.15) is 0 Å². The molecular weight excluding hydrogens is 182 g/mol. The first kappa shape index (κ1) is 10.2. The van der Waals surface area contributed by atoms with E-state index in [2.05, 4.69) is 15.3 Å². The molecule has 0 atom stereocenters. The van der Waals surface area contributed by atoms with Gasteiger partial charge in [0.25, 0.3) is 0 Å². The summed E-state index contributed by atoms with van der Waals surface area (Å²) in [4.78, 5) is 18.4. The second kappa shape index (κ2) is 4.40. The van der Waals surface area contributed by atoms with Gasteiger partial charge >= 0.3 is 0 Å². The first-order chi connectivity index (χ1) is 6.58. The number of aryl methyl sites for hydroxylation is 1. The third-order valence-electron chi connectivity index (χ3n) is 1.54. The monoisotopic (exact) mass is 195 g/mol. The molecule has 76 valence electrons. The van der Waals surface area contributed by atoms with Crippen LogP contribution in [0.1, 0.15) is 12.2 Å². The number of carbonyl (C=O) groups excluding carboxylic acids is 1. The molecule has 0 radical (unpaired) electrons. The van der Waals surface area contributed by atoms with Crippen molar-refractivity contribution in [2.75, 3.05) is 17.6 Å². The van der Waals surface area contributed by atoms with Gasteiger partial charge in [0.05, 0.1) is 0 Å². The second-order valence-corrected chi connectivity index (χ2v) is 2.87. The van der Waals surface area contributed by atoms with Crippen molar-refractivity contribution in [3.05, 3.63) is 11.9 Å². The van der Waals surface area contributed by atoms with Gasteiger partial charge in [-0.05, 0) is 6.92 Å². The van der Waals surface area contributed by atoms with E-state index in [-0.39, 0.29) is 12.3 Å². The maximum Gasteiger partial charge on any atom is 0.219 e. The van der Waals surface area contributed by atoms with Crippen LogP contribution in [0.5, 0.6) is 0 Å². The molecule has 5 N–H and O–H groups in total.